The minimum atomic E-state index is 0. The van der Waals surface area contributed by atoms with Crippen molar-refractivity contribution in [3.05, 3.63) is 30.2 Å². The van der Waals surface area contributed by atoms with Crippen LogP contribution in [0.2, 0.25) is 0 Å². The maximum Gasteiger partial charge on any atom is 0.00536 e. The molecule has 0 aromatic carbocycles. The van der Waals surface area contributed by atoms with Gasteiger partial charge in [0.25, 0.3) is 0 Å². The maximum atomic E-state index is 2.20. The molecule has 0 unspecified atom stereocenters. The Balaban J connectivity index is 0.000000640. The number of rotatable bonds is 1. The Morgan fingerprint density at radius 1 is 1.33 bits per heavy atom. The van der Waals surface area contributed by atoms with Gasteiger partial charge >= 0.3 is 0 Å². The molecule has 0 aromatic rings. The second-order valence-corrected chi connectivity index (χ2v) is 2.37. The molecule has 1 heteroatoms. The summed E-state index contributed by atoms with van der Waals surface area (Å²) in [6, 6.07) is 0. The number of hydrogen-bond acceptors (Lipinski definition) is 0. The molecule has 0 aromatic heterocycles. The third kappa shape index (κ3) is 2.61. The van der Waals surface area contributed by atoms with Crippen molar-refractivity contribution in [1.82, 2.24) is 0 Å². The molecule has 0 aliphatic heterocycles. The molecule has 1 aliphatic rings. The molecule has 0 saturated carbocycles. The van der Waals surface area contributed by atoms with Crippen molar-refractivity contribution in [2.24, 2.45) is 5.92 Å². The minimum absolute atomic E-state index is 0. The molecule has 1 aliphatic carbocycles. The standard InChI is InChI=1S/C8H11.Hf/c1-7(2)8-5-3-4-6-8;/h3-7H,1-2H3;. The van der Waals surface area contributed by atoms with E-state index in [0.717, 1.165) is 0 Å². The predicted molar refractivity (Wildman–Crippen MR) is 36.4 cm³/mol. The molecule has 0 spiro atoms. The van der Waals surface area contributed by atoms with Crippen LogP contribution in [0, 0.1) is 12.3 Å². The van der Waals surface area contributed by atoms with E-state index in [2.05, 4.69) is 38.5 Å². The molecular weight excluding hydrogens is 275 g/mol. The molecule has 0 N–H and O–H groups in total. The van der Waals surface area contributed by atoms with Crippen molar-refractivity contribution in [1.29, 1.82) is 0 Å². The van der Waals surface area contributed by atoms with E-state index >= 15 is 0 Å². The van der Waals surface area contributed by atoms with Gasteiger partial charge in [-0.2, -0.15) is 0 Å². The first-order valence-electron chi connectivity index (χ1n) is 3.02. The minimum Gasteiger partial charge on any atom is -0.0764 e. The van der Waals surface area contributed by atoms with Crippen LogP contribution in [0.1, 0.15) is 13.8 Å². The van der Waals surface area contributed by atoms with Gasteiger partial charge in [-0.25, -0.2) is 0 Å². The Kier molecular flexibility index (Phi) is 4.37. The van der Waals surface area contributed by atoms with E-state index in [1.165, 1.54) is 5.57 Å². The van der Waals surface area contributed by atoms with Gasteiger partial charge < -0.3 is 0 Å². The van der Waals surface area contributed by atoms with Gasteiger partial charge in [0, 0.05) is 32.3 Å². The Labute approximate surface area is 75.8 Å². The third-order valence-electron chi connectivity index (χ3n) is 1.36. The van der Waals surface area contributed by atoms with E-state index in [-0.39, 0.29) is 25.8 Å². The van der Waals surface area contributed by atoms with Gasteiger partial charge in [-0.05, 0) is 11.5 Å². The zero-order chi connectivity index (χ0) is 5.98. The quantitative estimate of drug-likeness (QED) is 0.649. The summed E-state index contributed by atoms with van der Waals surface area (Å²) in [5, 5.41) is 0. The average molecular weight is 286 g/mol. The van der Waals surface area contributed by atoms with Gasteiger partial charge in [-0.3, -0.25) is 0 Å². The van der Waals surface area contributed by atoms with Crippen molar-refractivity contribution in [3.8, 4) is 0 Å². The fraction of sp³-hybridized carbons (Fsp3) is 0.375. The van der Waals surface area contributed by atoms with Crippen LogP contribution in [0.5, 0.6) is 0 Å². The molecule has 0 atom stereocenters. The van der Waals surface area contributed by atoms with Crippen molar-refractivity contribution in [2.45, 2.75) is 13.8 Å². The van der Waals surface area contributed by atoms with Gasteiger partial charge in [-0.1, -0.05) is 32.1 Å². The first-order valence-corrected chi connectivity index (χ1v) is 3.02. The smallest absolute Gasteiger partial charge is 0.00536 e. The Morgan fingerprint density at radius 3 is 2.22 bits per heavy atom. The summed E-state index contributed by atoms with van der Waals surface area (Å²) < 4.78 is 0. The first-order chi connectivity index (χ1) is 3.80. The van der Waals surface area contributed by atoms with Gasteiger partial charge in [-0.15, -0.1) is 0 Å². The Bertz CT molecular complexity index is 132. The summed E-state index contributed by atoms with van der Waals surface area (Å²) in [7, 11) is 0. The van der Waals surface area contributed by atoms with Crippen molar-refractivity contribution in [3.63, 3.8) is 0 Å². The van der Waals surface area contributed by atoms with E-state index in [0.29, 0.717) is 5.92 Å². The van der Waals surface area contributed by atoms with E-state index in [9.17, 15) is 0 Å². The van der Waals surface area contributed by atoms with Crippen molar-refractivity contribution in [2.75, 3.05) is 0 Å². The molecule has 9 heavy (non-hydrogen) atoms. The third-order valence-corrected chi connectivity index (χ3v) is 1.36. The van der Waals surface area contributed by atoms with E-state index in [1.807, 2.05) is 0 Å². The van der Waals surface area contributed by atoms with Gasteiger partial charge in [0.1, 0.15) is 0 Å². The Morgan fingerprint density at radius 2 is 2.00 bits per heavy atom. The molecule has 0 saturated heterocycles. The zero-order valence-electron chi connectivity index (χ0n) is 5.89. The summed E-state index contributed by atoms with van der Waals surface area (Å²) in [5.74, 6) is 0.685. The molecule has 0 heterocycles. The van der Waals surface area contributed by atoms with Gasteiger partial charge in [0.05, 0.1) is 0 Å². The van der Waals surface area contributed by atoms with Crippen LogP contribution in [-0.2, 0) is 25.8 Å². The van der Waals surface area contributed by atoms with Gasteiger partial charge in [0.15, 0.2) is 0 Å². The summed E-state index contributed by atoms with van der Waals surface area (Å²) in [6.45, 7) is 4.41. The summed E-state index contributed by atoms with van der Waals surface area (Å²) in [4.78, 5) is 0. The summed E-state index contributed by atoms with van der Waals surface area (Å²) in [5.41, 5.74) is 1.44. The van der Waals surface area contributed by atoms with Gasteiger partial charge in [0.2, 0.25) is 0 Å². The molecule has 0 nitrogen and oxygen atoms in total. The summed E-state index contributed by atoms with van der Waals surface area (Å²) in [6.07, 6.45) is 8.47. The van der Waals surface area contributed by atoms with Crippen molar-refractivity contribution < 1.29 is 25.8 Å². The van der Waals surface area contributed by atoms with Crippen molar-refractivity contribution >= 4 is 0 Å². The fourth-order valence-electron chi connectivity index (χ4n) is 0.774. The molecule has 1 rings (SSSR count). The van der Waals surface area contributed by atoms with E-state index in [4.69, 9.17) is 0 Å². The van der Waals surface area contributed by atoms with Crippen LogP contribution in [0.15, 0.2) is 23.8 Å². The largest absolute Gasteiger partial charge is 0.0764 e. The van der Waals surface area contributed by atoms with E-state index < -0.39 is 0 Å². The normalized spacial score (nSPS) is 15.7. The first kappa shape index (κ1) is 9.35. The molecule has 0 amide bonds. The van der Waals surface area contributed by atoms with Crippen LogP contribution in [0.25, 0.3) is 0 Å². The number of hydrogen-bond donors (Lipinski definition) is 0. The Hall–Kier alpha value is 0.350. The monoisotopic (exact) mass is 287 g/mol. The molecule has 0 fully saturated rings. The summed E-state index contributed by atoms with van der Waals surface area (Å²) >= 11 is 0. The second kappa shape index (κ2) is 4.21. The molecular formula is C8H11Hf. The van der Waals surface area contributed by atoms with Crippen LogP contribution in [0.3, 0.4) is 0 Å². The van der Waals surface area contributed by atoms with Crippen LogP contribution in [-0.4, -0.2) is 0 Å². The SMILES string of the molecule is CC(C)C1=C[CH]C=C1.[Hf]. The van der Waals surface area contributed by atoms with E-state index in [1.54, 1.807) is 0 Å². The van der Waals surface area contributed by atoms with Crippen LogP contribution in [0.4, 0.5) is 0 Å². The zero-order valence-corrected chi connectivity index (χ0v) is 9.48. The molecule has 1 radical (unpaired) electrons. The molecule has 47 valence electrons. The van der Waals surface area contributed by atoms with Crippen LogP contribution < -0.4 is 0 Å². The fourth-order valence-corrected chi connectivity index (χ4v) is 0.774. The predicted octanol–water partition coefficient (Wildman–Crippen LogP) is 2.34. The average Bonchev–Trinajstić information content (AvgIpc) is 2.12. The molecule has 0 bridgehead atoms. The number of allylic oxidation sites excluding steroid dienone is 4. The topological polar surface area (TPSA) is 0 Å². The maximum absolute atomic E-state index is 2.20. The van der Waals surface area contributed by atoms with Crippen LogP contribution >= 0.6 is 0 Å². The second-order valence-electron chi connectivity index (χ2n) is 2.37.